The van der Waals surface area contributed by atoms with Crippen molar-refractivity contribution < 1.29 is 9.90 Å². The smallest absolute Gasteiger partial charge is 0.242 e. The van der Waals surface area contributed by atoms with Crippen LogP contribution in [0.3, 0.4) is 0 Å². The van der Waals surface area contributed by atoms with Crippen LogP contribution in [-0.2, 0) is 11.4 Å². The average molecular weight is 290 g/mol. The van der Waals surface area contributed by atoms with Crippen molar-refractivity contribution in [3.63, 3.8) is 0 Å². The molecule has 2 N–H and O–H groups in total. The summed E-state index contributed by atoms with van der Waals surface area (Å²) in [5.74, 6) is 0.00608. The number of nitrogens with zero attached hydrogens (tertiary/aromatic N) is 2. The fraction of sp³-hybridized carbons (Fsp3) is 0.636. The first kappa shape index (κ1) is 13.6. The summed E-state index contributed by atoms with van der Waals surface area (Å²) < 4.78 is 0. The van der Waals surface area contributed by atoms with Crippen LogP contribution in [-0.4, -0.2) is 35.6 Å². The number of nitrogens with one attached hydrogen (secondary N) is 1. The van der Waals surface area contributed by atoms with Gasteiger partial charge in [-0.2, -0.15) is 0 Å². The van der Waals surface area contributed by atoms with Gasteiger partial charge in [0.2, 0.25) is 5.91 Å². The number of hydrogen-bond donors (Lipinski definition) is 2. The van der Waals surface area contributed by atoms with Crippen LogP contribution in [0.25, 0.3) is 0 Å². The van der Waals surface area contributed by atoms with Gasteiger partial charge in [0, 0.05) is 13.6 Å². The van der Waals surface area contributed by atoms with E-state index in [0.29, 0.717) is 10.0 Å². The number of carbonyl (C=O) groups excluding carboxylic acids is 1. The number of piperidine rings is 1. The number of aliphatic hydroxyl groups is 1. The number of likely N-dealkylation sites (N-methyl/N-ethyl adjacent to an activating group) is 1. The van der Waals surface area contributed by atoms with Crippen LogP contribution in [0, 0.1) is 0 Å². The summed E-state index contributed by atoms with van der Waals surface area (Å²) >= 11 is 7.29. The SMILES string of the molecule is CNC(=O)C1CCCCN1c1nc(Cl)c(CO)s1. The van der Waals surface area contributed by atoms with E-state index in [1.54, 1.807) is 7.05 Å². The van der Waals surface area contributed by atoms with E-state index in [1.807, 2.05) is 4.90 Å². The largest absolute Gasteiger partial charge is 0.391 e. The summed E-state index contributed by atoms with van der Waals surface area (Å²) in [5, 5.41) is 12.9. The van der Waals surface area contributed by atoms with Crippen LogP contribution < -0.4 is 10.2 Å². The predicted molar refractivity (Wildman–Crippen MR) is 72.1 cm³/mol. The molecule has 1 fully saturated rings. The van der Waals surface area contributed by atoms with Gasteiger partial charge >= 0.3 is 0 Å². The molecule has 100 valence electrons. The number of hydrogen-bond acceptors (Lipinski definition) is 5. The van der Waals surface area contributed by atoms with E-state index in [0.717, 1.165) is 30.9 Å². The fourth-order valence-corrected chi connectivity index (χ4v) is 3.33. The van der Waals surface area contributed by atoms with Gasteiger partial charge in [0.05, 0.1) is 11.5 Å². The molecule has 0 spiro atoms. The van der Waals surface area contributed by atoms with Crippen LogP contribution in [0.15, 0.2) is 0 Å². The van der Waals surface area contributed by atoms with E-state index in [2.05, 4.69) is 10.3 Å². The van der Waals surface area contributed by atoms with E-state index in [9.17, 15) is 4.79 Å². The number of rotatable bonds is 3. The van der Waals surface area contributed by atoms with Crippen LogP contribution in [0.2, 0.25) is 5.15 Å². The third kappa shape index (κ3) is 2.60. The molecule has 0 radical (unpaired) electrons. The Morgan fingerprint density at radius 1 is 1.67 bits per heavy atom. The van der Waals surface area contributed by atoms with Crippen molar-refractivity contribution in [3.05, 3.63) is 10.0 Å². The van der Waals surface area contributed by atoms with Gasteiger partial charge in [-0.05, 0) is 19.3 Å². The maximum atomic E-state index is 11.9. The topological polar surface area (TPSA) is 65.5 Å². The molecule has 0 saturated carbocycles. The standard InChI is InChI=1S/C11H16ClN3O2S/c1-13-10(17)7-4-2-3-5-15(7)11-14-9(12)8(6-16)18-11/h7,16H,2-6H2,1H3,(H,13,17). The van der Waals surface area contributed by atoms with E-state index in [-0.39, 0.29) is 18.6 Å². The number of carbonyl (C=O) groups is 1. The van der Waals surface area contributed by atoms with Crippen molar-refractivity contribution >= 4 is 34.0 Å². The summed E-state index contributed by atoms with van der Waals surface area (Å²) in [7, 11) is 1.64. The quantitative estimate of drug-likeness (QED) is 0.883. The first-order chi connectivity index (χ1) is 8.67. The summed E-state index contributed by atoms with van der Waals surface area (Å²) in [6, 6.07) is -0.183. The maximum absolute atomic E-state index is 11.9. The molecule has 1 saturated heterocycles. The molecule has 1 aromatic heterocycles. The summed E-state index contributed by atoms with van der Waals surface area (Å²) in [4.78, 5) is 18.7. The van der Waals surface area contributed by atoms with Crippen molar-refractivity contribution in [2.24, 2.45) is 0 Å². The first-order valence-corrected chi connectivity index (χ1v) is 7.11. The van der Waals surface area contributed by atoms with Gasteiger partial charge in [0.25, 0.3) is 0 Å². The molecule has 1 amide bonds. The van der Waals surface area contributed by atoms with E-state index >= 15 is 0 Å². The van der Waals surface area contributed by atoms with Crippen LogP contribution in [0.5, 0.6) is 0 Å². The lowest BCUT2D eigenvalue weighted by molar-refractivity contribution is -0.122. The monoisotopic (exact) mass is 289 g/mol. The van der Waals surface area contributed by atoms with Gasteiger partial charge < -0.3 is 15.3 Å². The molecule has 1 unspecified atom stereocenters. The molecule has 1 atom stereocenters. The van der Waals surface area contributed by atoms with Gasteiger partial charge in [-0.3, -0.25) is 4.79 Å². The predicted octanol–water partition coefficient (Wildman–Crippen LogP) is 1.39. The van der Waals surface area contributed by atoms with Crippen LogP contribution >= 0.6 is 22.9 Å². The Labute approximate surface area is 115 Å². The zero-order valence-electron chi connectivity index (χ0n) is 10.1. The first-order valence-electron chi connectivity index (χ1n) is 5.91. The van der Waals surface area contributed by atoms with Crippen LogP contribution in [0.4, 0.5) is 5.13 Å². The number of aliphatic hydroxyl groups excluding tert-OH is 1. The zero-order valence-corrected chi connectivity index (χ0v) is 11.7. The molecule has 0 aromatic carbocycles. The molecule has 2 rings (SSSR count). The highest BCUT2D eigenvalue weighted by Crippen LogP contribution is 2.33. The van der Waals surface area contributed by atoms with E-state index in [4.69, 9.17) is 16.7 Å². The molecule has 0 bridgehead atoms. The van der Waals surface area contributed by atoms with Crippen molar-refractivity contribution in [2.75, 3.05) is 18.5 Å². The molecule has 7 heteroatoms. The Balaban J connectivity index is 2.24. The molecule has 1 aromatic rings. The number of anilines is 1. The molecule has 1 aliphatic rings. The summed E-state index contributed by atoms with van der Waals surface area (Å²) in [6.45, 7) is 0.682. The molecule has 5 nitrogen and oxygen atoms in total. The number of halogens is 1. The molecule has 2 heterocycles. The average Bonchev–Trinajstić information content (AvgIpc) is 2.79. The van der Waals surface area contributed by atoms with E-state index in [1.165, 1.54) is 11.3 Å². The Kier molecular flexibility index (Phi) is 4.42. The van der Waals surface area contributed by atoms with Gasteiger partial charge in [-0.1, -0.05) is 22.9 Å². The fourth-order valence-electron chi connectivity index (χ4n) is 2.14. The Morgan fingerprint density at radius 2 is 2.44 bits per heavy atom. The second-order valence-electron chi connectivity index (χ2n) is 4.19. The Hall–Kier alpha value is -0.850. The van der Waals surface area contributed by atoms with Crippen molar-refractivity contribution in [1.29, 1.82) is 0 Å². The third-order valence-corrected chi connectivity index (χ3v) is 4.58. The Bertz CT molecular complexity index is 438. The molecule has 18 heavy (non-hydrogen) atoms. The lowest BCUT2D eigenvalue weighted by atomic mass is 10.0. The number of thiazole rings is 1. The molecular formula is C11H16ClN3O2S. The Morgan fingerprint density at radius 3 is 3.06 bits per heavy atom. The van der Waals surface area contributed by atoms with Crippen molar-refractivity contribution in [1.82, 2.24) is 10.3 Å². The molecule has 0 aliphatic carbocycles. The molecule has 1 aliphatic heterocycles. The van der Waals surface area contributed by atoms with Crippen LogP contribution in [0.1, 0.15) is 24.1 Å². The summed E-state index contributed by atoms with van der Waals surface area (Å²) in [6.07, 6.45) is 2.91. The zero-order chi connectivity index (χ0) is 13.1. The minimum Gasteiger partial charge on any atom is -0.391 e. The summed E-state index contributed by atoms with van der Waals surface area (Å²) in [5.41, 5.74) is 0. The van der Waals surface area contributed by atoms with Gasteiger partial charge in [-0.15, -0.1) is 0 Å². The molecular weight excluding hydrogens is 274 g/mol. The minimum atomic E-state index is -0.183. The highest BCUT2D eigenvalue weighted by molar-refractivity contribution is 7.16. The van der Waals surface area contributed by atoms with Gasteiger partial charge in [0.1, 0.15) is 11.2 Å². The third-order valence-electron chi connectivity index (χ3n) is 3.08. The second kappa shape index (κ2) is 5.86. The minimum absolute atomic E-state index is 0.00608. The highest BCUT2D eigenvalue weighted by Gasteiger charge is 2.30. The maximum Gasteiger partial charge on any atom is 0.242 e. The van der Waals surface area contributed by atoms with Gasteiger partial charge in [-0.25, -0.2) is 4.98 Å². The second-order valence-corrected chi connectivity index (χ2v) is 5.61. The van der Waals surface area contributed by atoms with Crippen molar-refractivity contribution in [3.8, 4) is 0 Å². The van der Waals surface area contributed by atoms with Crippen molar-refractivity contribution in [2.45, 2.75) is 31.9 Å². The normalized spacial score (nSPS) is 19.9. The number of amides is 1. The number of aromatic nitrogens is 1. The lowest BCUT2D eigenvalue weighted by Crippen LogP contribution is -2.48. The van der Waals surface area contributed by atoms with E-state index < -0.39 is 0 Å². The van der Waals surface area contributed by atoms with Gasteiger partial charge in [0.15, 0.2) is 5.13 Å². The highest BCUT2D eigenvalue weighted by atomic mass is 35.5. The lowest BCUT2D eigenvalue weighted by Gasteiger charge is -2.34.